The molecule has 0 saturated carbocycles. The fourth-order valence-electron chi connectivity index (χ4n) is 2.92. The molecule has 2 aromatic carbocycles. The first kappa shape index (κ1) is 16.5. The van der Waals surface area contributed by atoms with E-state index in [1.54, 1.807) is 6.20 Å². The van der Waals surface area contributed by atoms with Gasteiger partial charge in [0, 0.05) is 24.1 Å². The number of aromatic nitrogens is 2. The van der Waals surface area contributed by atoms with Crippen molar-refractivity contribution < 1.29 is 9.18 Å². The lowest BCUT2D eigenvalue weighted by Gasteiger charge is -2.17. The fourth-order valence-corrected chi connectivity index (χ4v) is 3.10. The molecule has 1 aromatic heterocycles. The summed E-state index contributed by atoms with van der Waals surface area (Å²) >= 11 is 5.74. The molecule has 26 heavy (non-hydrogen) atoms. The number of nitrogens with zero attached hydrogens (tertiary/aromatic N) is 3. The monoisotopic (exact) mass is 368 g/mol. The summed E-state index contributed by atoms with van der Waals surface area (Å²) in [6.45, 7) is 0.762. The van der Waals surface area contributed by atoms with Crippen molar-refractivity contribution in [1.29, 1.82) is 0 Å². The van der Waals surface area contributed by atoms with Crippen molar-refractivity contribution in [2.24, 2.45) is 0 Å². The average Bonchev–Trinajstić information content (AvgIpc) is 3.09. The maximum atomic E-state index is 13.2. The van der Waals surface area contributed by atoms with Crippen LogP contribution in [0.1, 0.15) is 16.1 Å². The van der Waals surface area contributed by atoms with E-state index in [-0.39, 0.29) is 10.7 Å². The molecule has 0 radical (unpaired) electrons. The highest BCUT2D eigenvalue weighted by Crippen LogP contribution is 2.32. The number of amides is 1. The van der Waals surface area contributed by atoms with Crippen molar-refractivity contribution in [3.05, 3.63) is 76.8 Å². The van der Waals surface area contributed by atoms with Crippen molar-refractivity contribution in [3.8, 4) is 0 Å². The Morgan fingerprint density at radius 3 is 2.88 bits per heavy atom. The molecule has 130 valence electrons. The fraction of sp³-hybridized carbons (Fsp3) is 0.105. The van der Waals surface area contributed by atoms with Crippen molar-refractivity contribution in [3.63, 3.8) is 0 Å². The number of benzene rings is 2. The summed E-state index contributed by atoms with van der Waals surface area (Å²) in [5, 5.41) is 2.61. The summed E-state index contributed by atoms with van der Waals surface area (Å²) in [6.07, 6.45) is 2.46. The van der Waals surface area contributed by atoms with E-state index in [9.17, 15) is 9.18 Å². The lowest BCUT2D eigenvalue weighted by Crippen LogP contribution is -2.20. The van der Waals surface area contributed by atoms with Gasteiger partial charge in [0.25, 0.3) is 5.91 Å². The van der Waals surface area contributed by atoms with E-state index in [2.05, 4.69) is 21.4 Å². The number of carbonyl (C=O) groups is 1. The van der Waals surface area contributed by atoms with Gasteiger partial charge in [0.1, 0.15) is 11.5 Å². The predicted molar refractivity (Wildman–Crippen MR) is 98.5 cm³/mol. The number of rotatable bonds is 3. The number of para-hydroxylation sites is 1. The Balaban J connectivity index is 1.58. The predicted octanol–water partition coefficient (Wildman–Crippen LogP) is 4.22. The molecule has 5 nitrogen and oxygen atoms in total. The molecular formula is C19H14ClFN4O. The zero-order valence-corrected chi connectivity index (χ0v) is 14.4. The molecule has 0 spiro atoms. The van der Waals surface area contributed by atoms with Crippen molar-refractivity contribution in [1.82, 2.24) is 9.97 Å². The molecule has 0 unspecified atom stereocenters. The molecule has 3 aromatic rings. The zero-order valence-electron chi connectivity index (χ0n) is 13.6. The largest absolute Gasteiger partial charge is 0.321 e. The molecule has 0 bridgehead atoms. The van der Waals surface area contributed by atoms with Crippen LogP contribution >= 0.6 is 11.6 Å². The van der Waals surface area contributed by atoms with Crippen LogP contribution < -0.4 is 10.2 Å². The first-order valence-electron chi connectivity index (χ1n) is 8.07. The minimum atomic E-state index is -0.540. The highest BCUT2D eigenvalue weighted by atomic mass is 35.5. The van der Waals surface area contributed by atoms with Crippen LogP contribution in [0.4, 0.5) is 21.7 Å². The first-order chi connectivity index (χ1) is 12.6. The summed E-state index contributed by atoms with van der Waals surface area (Å²) in [4.78, 5) is 23.1. The Morgan fingerprint density at radius 2 is 2.04 bits per heavy atom. The van der Waals surface area contributed by atoms with Gasteiger partial charge in [-0.05, 0) is 42.3 Å². The van der Waals surface area contributed by atoms with E-state index in [0.717, 1.165) is 18.7 Å². The Morgan fingerprint density at radius 1 is 1.19 bits per heavy atom. The number of anilines is 3. The second kappa shape index (κ2) is 6.72. The van der Waals surface area contributed by atoms with Crippen LogP contribution in [-0.4, -0.2) is 22.4 Å². The lowest BCUT2D eigenvalue weighted by atomic mass is 10.2. The third-order valence-corrected chi connectivity index (χ3v) is 4.47. The zero-order chi connectivity index (χ0) is 18.1. The van der Waals surface area contributed by atoms with E-state index in [1.807, 2.05) is 23.1 Å². The van der Waals surface area contributed by atoms with Crippen molar-refractivity contribution >= 4 is 34.8 Å². The molecule has 7 heteroatoms. The molecule has 0 atom stereocenters. The molecule has 1 amide bonds. The van der Waals surface area contributed by atoms with Gasteiger partial charge in [0.05, 0.1) is 5.02 Å². The van der Waals surface area contributed by atoms with E-state index >= 15 is 0 Å². The molecule has 1 aliphatic rings. The van der Waals surface area contributed by atoms with Crippen LogP contribution in [0.3, 0.4) is 0 Å². The van der Waals surface area contributed by atoms with Gasteiger partial charge in [0.15, 0.2) is 0 Å². The van der Waals surface area contributed by atoms with Crippen molar-refractivity contribution in [2.75, 3.05) is 16.8 Å². The Labute approximate surface area is 154 Å². The molecule has 1 aliphatic heterocycles. The molecule has 1 N–H and O–H groups in total. The van der Waals surface area contributed by atoms with Gasteiger partial charge in [-0.15, -0.1) is 0 Å². The second-order valence-electron chi connectivity index (χ2n) is 5.86. The van der Waals surface area contributed by atoms with Gasteiger partial charge >= 0.3 is 0 Å². The van der Waals surface area contributed by atoms with Crippen LogP contribution in [-0.2, 0) is 6.42 Å². The minimum Gasteiger partial charge on any atom is -0.321 e. The third-order valence-electron chi connectivity index (χ3n) is 4.18. The summed E-state index contributed by atoms with van der Waals surface area (Å²) in [5.74, 6) is -0.481. The average molecular weight is 369 g/mol. The van der Waals surface area contributed by atoms with E-state index in [1.165, 1.54) is 29.8 Å². The quantitative estimate of drug-likeness (QED) is 0.752. The Kier molecular flexibility index (Phi) is 4.26. The molecule has 2 heterocycles. The second-order valence-corrected chi connectivity index (χ2v) is 6.26. The van der Waals surface area contributed by atoms with Gasteiger partial charge in [-0.3, -0.25) is 4.79 Å². The van der Waals surface area contributed by atoms with Crippen LogP contribution in [0.15, 0.2) is 54.7 Å². The summed E-state index contributed by atoms with van der Waals surface area (Å²) in [5.41, 5.74) is 2.90. The van der Waals surface area contributed by atoms with Crippen LogP contribution in [0, 0.1) is 5.82 Å². The van der Waals surface area contributed by atoms with Crippen molar-refractivity contribution in [2.45, 2.75) is 6.42 Å². The number of hydrogen-bond acceptors (Lipinski definition) is 4. The number of halogens is 2. The van der Waals surface area contributed by atoms with Gasteiger partial charge in [0.2, 0.25) is 5.95 Å². The number of nitrogens with one attached hydrogen (secondary N) is 1. The lowest BCUT2D eigenvalue weighted by molar-refractivity contribution is 0.102. The smallest absolute Gasteiger partial charge is 0.274 e. The Hall–Kier alpha value is -2.99. The number of hydrogen-bond donors (Lipinski definition) is 1. The third kappa shape index (κ3) is 3.11. The maximum absolute atomic E-state index is 13.2. The maximum Gasteiger partial charge on any atom is 0.274 e. The molecular weight excluding hydrogens is 355 g/mol. The number of carbonyl (C=O) groups excluding carboxylic acids is 1. The molecule has 4 rings (SSSR count). The summed E-state index contributed by atoms with van der Waals surface area (Å²) < 4.78 is 13.2. The van der Waals surface area contributed by atoms with Gasteiger partial charge in [-0.2, -0.15) is 0 Å². The topological polar surface area (TPSA) is 58.1 Å². The van der Waals surface area contributed by atoms with Gasteiger partial charge in [-0.1, -0.05) is 29.8 Å². The normalized spacial score (nSPS) is 12.8. The minimum absolute atomic E-state index is 0.0557. The van der Waals surface area contributed by atoms with Gasteiger partial charge < -0.3 is 10.2 Å². The summed E-state index contributed by atoms with van der Waals surface area (Å²) in [6, 6.07) is 13.6. The highest BCUT2D eigenvalue weighted by Gasteiger charge is 2.22. The van der Waals surface area contributed by atoms with E-state index in [4.69, 9.17) is 11.6 Å². The van der Waals surface area contributed by atoms with Crippen LogP contribution in [0.5, 0.6) is 0 Å². The summed E-state index contributed by atoms with van der Waals surface area (Å²) in [7, 11) is 0. The Bertz CT molecular complexity index is 995. The highest BCUT2D eigenvalue weighted by molar-refractivity contribution is 6.31. The standard InChI is InChI=1S/C19H14ClFN4O/c20-14-11-13(5-6-15(14)21)23-18(26)16-7-9-22-19(24-16)25-10-8-12-3-1-2-4-17(12)25/h1-7,9,11H,8,10H2,(H,23,26). The SMILES string of the molecule is O=C(Nc1ccc(F)c(Cl)c1)c1ccnc(N2CCc3ccccc32)n1. The molecule has 0 fully saturated rings. The van der Waals surface area contributed by atoms with Crippen LogP contribution in [0.2, 0.25) is 5.02 Å². The molecule has 0 aliphatic carbocycles. The first-order valence-corrected chi connectivity index (χ1v) is 8.44. The van der Waals surface area contributed by atoms with Gasteiger partial charge in [-0.25, -0.2) is 14.4 Å². The van der Waals surface area contributed by atoms with E-state index < -0.39 is 11.7 Å². The van der Waals surface area contributed by atoms with Crippen LogP contribution in [0.25, 0.3) is 0 Å². The number of fused-ring (bicyclic) bond motifs is 1. The molecule has 0 saturated heterocycles. The van der Waals surface area contributed by atoms with E-state index in [0.29, 0.717) is 11.6 Å².